The summed E-state index contributed by atoms with van der Waals surface area (Å²) >= 11 is 1.74. The van der Waals surface area contributed by atoms with Gasteiger partial charge in [0.2, 0.25) is 5.91 Å². The number of hydrogen-bond donors (Lipinski definition) is 2. The number of benzene rings is 1. The van der Waals surface area contributed by atoms with Gasteiger partial charge in [-0.3, -0.25) is 4.79 Å². The van der Waals surface area contributed by atoms with Gasteiger partial charge in [-0.2, -0.15) is 11.8 Å². The van der Waals surface area contributed by atoms with Crippen molar-refractivity contribution in [1.82, 2.24) is 5.32 Å². The molecule has 1 amide bonds. The van der Waals surface area contributed by atoms with Gasteiger partial charge in [-0.05, 0) is 17.9 Å². The van der Waals surface area contributed by atoms with Crippen molar-refractivity contribution in [2.45, 2.75) is 5.92 Å². The van der Waals surface area contributed by atoms with E-state index < -0.39 is 0 Å². The Hall–Kier alpha value is -1.16. The van der Waals surface area contributed by atoms with Crippen molar-refractivity contribution < 1.29 is 4.79 Å². The van der Waals surface area contributed by atoms with Gasteiger partial charge >= 0.3 is 0 Å². The van der Waals surface area contributed by atoms with Crippen LogP contribution in [0.4, 0.5) is 5.69 Å². The van der Waals surface area contributed by atoms with E-state index >= 15 is 0 Å². The Balaban J connectivity index is 1.99. The van der Waals surface area contributed by atoms with E-state index in [4.69, 9.17) is 0 Å². The Morgan fingerprint density at radius 3 is 3.19 bits per heavy atom. The standard InChI is InChI=1S/C12H16N2OS/c1-16-7-6-13-12(15)10-8-14-11-5-3-2-4-9(10)11/h2-5,10,14H,6-8H2,1H3,(H,13,15). The van der Waals surface area contributed by atoms with Gasteiger partial charge in [0.1, 0.15) is 0 Å². The molecule has 4 heteroatoms. The summed E-state index contributed by atoms with van der Waals surface area (Å²) in [6, 6.07) is 8.01. The highest BCUT2D eigenvalue weighted by Gasteiger charge is 2.27. The molecule has 0 spiro atoms. The number of carbonyl (C=O) groups is 1. The van der Waals surface area contributed by atoms with E-state index in [9.17, 15) is 4.79 Å². The summed E-state index contributed by atoms with van der Waals surface area (Å²) in [7, 11) is 0. The first-order chi connectivity index (χ1) is 7.83. The van der Waals surface area contributed by atoms with Crippen LogP contribution in [0, 0.1) is 0 Å². The first-order valence-corrected chi connectivity index (χ1v) is 6.81. The summed E-state index contributed by atoms with van der Waals surface area (Å²) in [4.78, 5) is 11.9. The molecular formula is C12H16N2OS. The van der Waals surface area contributed by atoms with Gasteiger partial charge in [-0.15, -0.1) is 0 Å². The van der Waals surface area contributed by atoms with Crippen molar-refractivity contribution in [2.24, 2.45) is 0 Å². The Kier molecular flexibility index (Phi) is 3.72. The van der Waals surface area contributed by atoms with Crippen molar-refractivity contribution in [3.05, 3.63) is 29.8 Å². The SMILES string of the molecule is CSCCNC(=O)C1CNc2ccccc21. The summed E-state index contributed by atoms with van der Waals surface area (Å²) in [6.45, 7) is 1.46. The summed E-state index contributed by atoms with van der Waals surface area (Å²) in [5.74, 6) is 1.07. The van der Waals surface area contributed by atoms with Crippen molar-refractivity contribution in [3.8, 4) is 0 Å². The van der Waals surface area contributed by atoms with Gasteiger partial charge in [-0.25, -0.2) is 0 Å². The van der Waals surface area contributed by atoms with Crippen LogP contribution in [-0.2, 0) is 4.79 Å². The predicted octanol–water partition coefficient (Wildman–Crippen LogP) is 1.67. The third kappa shape index (κ3) is 2.32. The Labute approximate surface area is 100.0 Å². The minimum atomic E-state index is -0.0296. The van der Waals surface area contributed by atoms with E-state index in [2.05, 4.69) is 10.6 Å². The molecule has 3 nitrogen and oxygen atoms in total. The van der Waals surface area contributed by atoms with Crippen LogP contribution in [0.1, 0.15) is 11.5 Å². The summed E-state index contributed by atoms with van der Waals surface area (Å²) in [5, 5.41) is 6.22. The van der Waals surface area contributed by atoms with Crippen LogP contribution in [0.5, 0.6) is 0 Å². The fourth-order valence-corrected chi connectivity index (χ4v) is 2.22. The molecule has 1 aromatic rings. The zero-order valence-corrected chi connectivity index (χ0v) is 10.1. The number of fused-ring (bicyclic) bond motifs is 1. The maximum absolute atomic E-state index is 11.9. The Bertz CT molecular complexity index is 381. The van der Waals surface area contributed by atoms with Gasteiger partial charge in [-0.1, -0.05) is 18.2 Å². The van der Waals surface area contributed by atoms with Gasteiger partial charge < -0.3 is 10.6 Å². The maximum atomic E-state index is 11.9. The zero-order valence-electron chi connectivity index (χ0n) is 9.32. The van der Waals surface area contributed by atoms with Crippen molar-refractivity contribution >= 4 is 23.4 Å². The second-order valence-corrected chi connectivity index (χ2v) is 4.79. The fraction of sp³-hybridized carbons (Fsp3) is 0.417. The highest BCUT2D eigenvalue weighted by Crippen LogP contribution is 2.30. The lowest BCUT2D eigenvalue weighted by molar-refractivity contribution is -0.122. The highest BCUT2D eigenvalue weighted by atomic mass is 32.2. The molecule has 1 aliphatic heterocycles. The molecule has 0 radical (unpaired) electrons. The number of thioether (sulfide) groups is 1. The number of carbonyl (C=O) groups excluding carboxylic acids is 1. The zero-order chi connectivity index (χ0) is 11.4. The molecule has 2 rings (SSSR count). The molecular weight excluding hydrogens is 220 g/mol. The van der Waals surface area contributed by atoms with Crippen LogP contribution in [0.15, 0.2) is 24.3 Å². The molecule has 1 atom stereocenters. The van der Waals surface area contributed by atoms with Gasteiger partial charge in [0.15, 0.2) is 0 Å². The number of rotatable bonds is 4. The molecule has 16 heavy (non-hydrogen) atoms. The van der Waals surface area contributed by atoms with E-state index in [-0.39, 0.29) is 11.8 Å². The summed E-state index contributed by atoms with van der Waals surface area (Å²) in [6.07, 6.45) is 2.04. The molecule has 2 N–H and O–H groups in total. The quantitative estimate of drug-likeness (QED) is 0.781. The monoisotopic (exact) mass is 236 g/mol. The molecule has 1 aliphatic rings. The van der Waals surface area contributed by atoms with E-state index in [0.29, 0.717) is 6.54 Å². The maximum Gasteiger partial charge on any atom is 0.229 e. The molecule has 0 bridgehead atoms. The molecule has 1 aromatic carbocycles. The lowest BCUT2D eigenvalue weighted by atomic mass is 10.0. The largest absolute Gasteiger partial charge is 0.384 e. The van der Waals surface area contributed by atoms with Crippen molar-refractivity contribution in [2.75, 3.05) is 30.4 Å². The molecule has 0 saturated carbocycles. The molecule has 86 valence electrons. The average Bonchev–Trinajstić information content (AvgIpc) is 2.73. The number of amides is 1. The van der Waals surface area contributed by atoms with Gasteiger partial charge in [0.25, 0.3) is 0 Å². The highest BCUT2D eigenvalue weighted by molar-refractivity contribution is 7.98. The van der Waals surface area contributed by atoms with E-state index in [1.165, 1.54) is 0 Å². The van der Waals surface area contributed by atoms with Crippen LogP contribution in [0.2, 0.25) is 0 Å². The summed E-state index contributed by atoms with van der Waals surface area (Å²) in [5.41, 5.74) is 2.21. The predicted molar refractivity (Wildman–Crippen MR) is 69.1 cm³/mol. The van der Waals surface area contributed by atoms with Crippen molar-refractivity contribution in [3.63, 3.8) is 0 Å². The van der Waals surface area contributed by atoms with E-state index in [1.807, 2.05) is 30.5 Å². The first kappa shape index (κ1) is 11.3. The lowest BCUT2D eigenvalue weighted by Crippen LogP contribution is -2.31. The van der Waals surface area contributed by atoms with Crippen molar-refractivity contribution in [1.29, 1.82) is 0 Å². The molecule has 0 saturated heterocycles. The topological polar surface area (TPSA) is 41.1 Å². The number of hydrogen-bond acceptors (Lipinski definition) is 3. The second kappa shape index (κ2) is 5.25. The second-order valence-electron chi connectivity index (χ2n) is 3.80. The molecule has 0 aliphatic carbocycles. The normalized spacial score (nSPS) is 17.7. The van der Waals surface area contributed by atoms with Crippen LogP contribution in [0.25, 0.3) is 0 Å². The van der Waals surface area contributed by atoms with Crippen LogP contribution in [-0.4, -0.2) is 31.0 Å². The van der Waals surface area contributed by atoms with Crippen LogP contribution >= 0.6 is 11.8 Å². The van der Waals surface area contributed by atoms with Gasteiger partial charge in [0.05, 0.1) is 5.92 Å². The Morgan fingerprint density at radius 2 is 2.38 bits per heavy atom. The molecule has 0 aromatic heterocycles. The Morgan fingerprint density at radius 1 is 1.56 bits per heavy atom. The summed E-state index contributed by atoms with van der Waals surface area (Å²) < 4.78 is 0. The number of para-hydroxylation sites is 1. The third-order valence-electron chi connectivity index (χ3n) is 2.75. The average molecular weight is 236 g/mol. The first-order valence-electron chi connectivity index (χ1n) is 5.42. The minimum Gasteiger partial charge on any atom is -0.384 e. The third-order valence-corrected chi connectivity index (χ3v) is 3.37. The number of anilines is 1. The van der Waals surface area contributed by atoms with Crippen LogP contribution < -0.4 is 10.6 Å². The molecule has 1 unspecified atom stereocenters. The van der Waals surface area contributed by atoms with Crippen LogP contribution in [0.3, 0.4) is 0 Å². The van der Waals surface area contributed by atoms with E-state index in [1.54, 1.807) is 11.8 Å². The molecule has 0 fully saturated rings. The fourth-order valence-electron chi connectivity index (χ4n) is 1.92. The molecule has 1 heterocycles. The van der Waals surface area contributed by atoms with Gasteiger partial charge in [0, 0.05) is 24.5 Å². The lowest BCUT2D eigenvalue weighted by Gasteiger charge is -2.10. The number of nitrogens with one attached hydrogen (secondary N) is 2. The van der Waals surface area contributed by atoms with E-state index in [0.717, 1.165) is 23.5 Å². The smallest absolute Gasteiger partial charge is 0.229 e. The minimum absolute atomic E-state index is 0.0296.